The van der Waals surface area contributed by atoms with E-state index in [-0.39, 0.29) is 18.1 Å². The molecule has 1 N–H and O–H groups in total. The van der Waals surface area contributed by atoms with Gasteiger partial charge in [0.05, 0.1) is 10.7 Å². The van der Waals surface area contributed by atoms with Crippen molar-refractivity contribution < 1.29 is 18.0 Å². The minimum atomic E-state index is -4.59. The minimum absolute atomic E-state index is 0.211. The number of nitrogens with zero attached hydrogens (tertiary/aromatic N) is 2. The third-order valence-corrected chi connectivity index (χ3v) is 4.05. The topological polar surface area (TPSA) is 46.9 Å². The Balaban J connectivity index is 1.89. The lowest BCUT2D eigenvalue weighted by Crippen LogP contribution is -2.25. The summed E-state index contributed by atoms with van der Waals surface area (Å²) in [6.45, 7) is 1.97. The van der Waals surface area contributed by atoms with Crippen LogP contribution in [0.25, 0.3) is 0 Å². The number of benzene rings is 1. The molecule has 0 saturated carbocycles. The molecular formula is C15H14Cl2F3N3O. The lowest BCUT2D eigenvalue weighted by atomic mass is 10.2. The van der Waals surface area contributed by atoms with Crippen molar-refractivity contribution in [2.45, 2.75) is 26.1 Å². The van der Waals surface area contributed by atoms with Crippen molar-refractivity contribution in [3.05, 3.63) is 51.3 Å². The standard InChI is InChI=1S/C15H14Cl2F3N3O/c1-9-12(17)13(15(18,19)20)22-23(9)8-2-7-21-14(24)10-3-5-11(16)6-4-10/h3-6H,2,7-8H2,1H3,(H,21,24). The molecular weight excluding hydrogens is 366 g/mol. The van der Waals surface area contributed by atoms with E-state index in [4.69, 9.17) is 23.2 Å². The molecule has 1 amide bonds. The van der Waals surface area contributed by atoms with Crippen molar-refractivity contribution in [3.63, 3.8) is 0 Å². The van der Waals surface area contributed by atoms with Crippen molar-refractivity contribution >= 4 is 29.1 Å². The summed E-state index contributed by atoms with van der Waals surface area (Å²) in [6.07, 6.45) is -4.18. The Morgan fingerprint density at radius 2 is 1.88 bits per heavy atom. The fourth-order valence-corrected chi connectivity index (χ4v) is 2.43. The SMILES string of the molecule is Cc1c(Cl)c(C(F)(F)F)nn1CCCNC(=O)c1ccc(Cl)cc1. The van der Waals surface area contributed by atoms with Gasteiger partial charge in [0.25, 0.3) is 5.91 Å². The molecule has 0 bridgehead atoms. The molecule has 24 heavy (non-hydrogen) atoms. The zero-order valence-electron chi connectivity index (χ0n) is 12.6. The van der Waals surface area contributed by atoms with Crippen molar-refractivity contribution in [1.82, 2.24) is 15.1 Å². The van der Waals surface area contributed by atoms with Crippen molar-refractivity contribution in [3.8, 4) is 0 Å². The van der Waals surface area contributed by atoms with Crippen LogP contribution in [0.5, 0.6) is 0 Å². The molecule has 0 radical (unpaired) electrons. The number of carbonyl (C=O) groups is 1. The molecule has 0 aliphatic rings. The monoisotopic (exact) mass is 379 g/mol. The van der Waals surface area contributed by atoms with Crippen molar-refractivity contribution in [1.29, 1.82) is 0 Å². The number of aromatic nitrogens is 2. The van der Waals surface area contributed by atoms with E-state index in [9.17, 15) is 18.0 Å². The van der Waals surface area contributed by atoms with Crippen LogP contribution in [0.4, 0.5) is 13.2 Å². The molecule has 1 aromatic carbocycles. The Morgan fingerprint density at radius 1 is 1.25 bits per heavy atom. The first-order chi connectivity index (χ1) is 11.2. The number of halogens is 5. The van der Waals surface area contributed by atoms with Crippen molar-refractivity contribution in [2.75, 3.05) is 6.54 Å². The fourth-order valence-electron chi connectivity index (χ4n) is 2.06. The number of amides is 1. The number of nitrogens with one attached hydrogen (secondary N) is 1. The summed E-state index contributed by atoms with van der Waals surface area (Å²) >= 11 is 11.4. The molecule has 1 aromatic heterocycles. The van der Waals surface area contributed by atoms with Gasteiger partial charge in [0.2, 0.25) is 0 Å². The number of alkyl halides is 3. The largest absolute Gasteiger partial charge is 0.436 e. The summed E-state index contributed by atoms with van der Waals surface area (Å²) in [5.74, 6) is -0.280. The molecule has 0 fully saturated rings. The Bertz CT molecular complexity index is 727. The van der Waals surface area contributed by atoms with Crippen LogP contribution in [0.2, 0.25) is 10.0 Å². The summed E-state index contributed by atoms with van der Waals surface area (Å²) in [4.78, 5) is 11.9. The van der Waals surface area contributed by atoms with E-state index in [1.807, 2.05) is 0 Å². The summed E-state index contributed by atoms with van der Waals surface area (Å²) < 4.78 is 39.4. The summed E-state index contributed by atoms with van der Waals surface area (Å²) in [6, 6.07) is 6.38. The zero-order valence-corrected chi connectivity index (χ0v) is 14.1. The van der Waals surface area contributed by atoms with Gasteiger partial charge >= 0.3 is 6.18 Å². The van der Waals surface area contributed by atoms with Gasteiger partial charge in [-0.1, -0.05) is 23.2 Å². The Morgan fingerprint density at radius 3 is 2.42 bits per heavy atom. The third-order valence-electron chi connectivity index (χ3n) is 3.34. The maximum Gasteiger partial charge on any atom is 0.436 e. The second-order valence-corrected chi connectivity index (χ2v) is 5.90. The molecule has 2 rings (SSSR count). The van der Waals surface area contributed by atoms with Gasteiger partial charge in [0, 0.05) is 23.7 Å². The molecule has 0 spiro atoms. The molecule has 0 unspecified atom stereocenters. The minimum Gasteiger partial charge on any atom is -0.352 e. The lowest BCUT2D eigenvalue weighted by Gasteiger charge is -2.07. The highest BCUT2D eigenvalue weighted by Gasteiger charge is 2.38. The molecule has 4 nitrogen and oxygen atoms in total. The number of aryl methyl sites for hydroxylation is 1. The van der Waals surface area contributed by atoms with Crippen LogP contribution < -0.4 is 5.32 Å². The van der Waals surface area contributed by atoms with E-state index in [0.717, 1.165) is 0 Å². The van der Waals surface area contributed by atoms with Crippen LogP contribution >= 0.6 is 23.2 Å². The van der Waals surface area contributed by atoms with Crippen LogP contribution in [0, 0.1) is 6.92 Å². The first-order valence-corrected chi connectivity index (χ1v) is 7.79. The van der Waals surface area contributed by atoms with Crippen LogP contribution in [0.15, 0.2) is 24.3 Å². The normalized spacial score (nSPS) is 11.6. The Labute approximate surface area is 146 Å². The highest BCUT2D eigenvalue weighted by Crippen LogP contribution is 2.35. The summed E-state index contributed by atoms with van der Waals surface area (Å²) in [5.41, 5.74) is -0.392. The maximum absolute atomic E-state index is 12.7. The average Bonchev–Trinajstić information content (AvgIpc) is 2.80. The number of rotatable bonds is 5. The van der Waals surface area contributed by atoms with Crippen molar-refractivity contribution in [2.24, 2.45) is 0 Å². The zero-order chi connectivity index (χ0) is 17.9. The number of hydrogen-bond donors (Lipinski definition) is 1. The van der Waals surface area contributed by atoms with Crippen LogP contribution in [-0.2, 0) is 12.7 Å². The second kappa shape index (κ2) is 7.44. The second-order valence-electron chi connectivity index (χ2n) is 5.09. The fraction of sp³-hybridized carbons (Fsp3) is 0.333. The van der Waals surface area contributed by atoms with E-state index in [1.54, 1.807) is 24.3 Å². The van der Waals surface area contributed by atoms with Gasteiger partial charge in [0.15, 0.2) is 5.69 Å². The highest BCUT2D eigenvalue weighted by atomic mass is 35.5. The van der Waals surface area contributed by atoms with E-state index in [2.05, 4.69) is 10.4 Å². The van der Waals surface area contributed by atoms with Gasteiger partial charge in [-0.05, 0) is 37.6 Å². The predicted molar refractivity (Wildman–Crippen MR) is 85.4 cm³/mol. The van der Waals surface area contributed by atoms with E-state index in [1.165, 1.54) is 11.6 Å². The Hall–Kier alpha value is -1.73. The number of carbonyl (C=O) groups excluding carboxylic acids is 1. The van der Waals surface area contributed by atoms with E-state index < -0.39 is 16.9 Å². The third kappa shape index (κ3) is 4.42. The molecule has 9 heteroatoms. The summed E-state index contributed by atoms with van der Waals surface area (Å²) in [5, 5.41) is 6.31. The van der Waals surface area contributed by atoms with Crippen LogP contribution in [0.1, 0.15) is 28.2 Å². The smallest absolute Gasteiger partial charge is 0.352 e. The summed E-state index contributed by atoms with van der Waals surface area (Å²) in [7, 11) is 0. The number of hydrogen-bond acceptors (Lipinski definition) is 2. The maximum atomic E-state index is 12.7. The molecule has 0 aliphatic carbocycles. The van der Waals surface area contributed by atoms with E-state index in [0.29, 0.717) is 23.6 Å². The molecule has 130 valence electrons. The van der Waals surface area contributed by atoms with Gasteiger partial charge in [-0.15, -0.1) is 0 Å². The molecule has 0 atom stereocenters. The van der Waals surface area contributed by atoms with Gasteiger partial charge < -0.3 is 5.32 Å². The van der Waals surface area contributed by atoms with Crippen LogP contribution in [0.3, 0.4) is 0 Å². The highest BCUT2D eigenvalue weighted by molar-refractivity contribution is 6.32. The molecule has 1 heterocycles. The molecule has 0 saturated heterocycles. The first kappa shape index (κ1) is 18.6. The van der Waals surface area contributed by atoms with Gasteiger partial charge in [-0.2, -0.15) is 18.3 Å². The average molecular weight is 380 g/mol. The van der Waals surface area contributed by atoms with E-state index >= 15 is 0 Å². The molecule has 0 aliphatic heterocycles. The predicted octanol–water partition coefficient (Wildman–Crippen LogP) is 4.34. The first-order valence-electron chi connectivity index (χ1n) is 7.04. The van der Waals surface area contributed by atoms with Gasteiger partial charge in [0.1, 0.15) is 0 Å². The molecule has 2 aromatic rings. The van der Waals surface area contributed by atoms with Gasteiger partial charge in [-0.3, -0.25) is 9.48 Å². The lowest BCUT2D eigenvalue weighted by molar-refractivity contribution is -0.141. The quantitative estimate of drug-likeness (QED) is 0.785. The van der Waals surface area contributed by atoms with Gasteiger partial charge in [-0.25, -0.2) is 0 Å². The van der Waals surface area contributed by atoms with Crippen LogP contribution in [-0.4, -0.2) is 22.2 Å². The Kier molecular flexibility index (Phi) is 5.77.